The highest BCUT2D eigenvalue weighted by Gasteiger charge is 2.34. The van der Waals surface area contributed by atoms with Gasteiger partial charge >= 0.3 is 0 Å². The maximum absolute atomic E-state index is 12.3. The van der Waals surface area contributed by atoms with Crippen molar-refractivity contribution in [3.63, 3.8) is 0 Å². The molecule has 1 aromatic carbocycles. The molecule has 0 bridgehead atoms. The number of fused-ring (bicyclic) bond motifs is 1. The summed E-state index contributed by atoms with van der Waals surface area (Å²) < 4.78 is 1.44. The van der Waals surface area contributed by atoms with Crippen molar-refractivity contribution < 1.29 is 14.4 Å². The average Bonchev–Trinajstić information content (AvgIpc) is 2.94. The van der Waals surface area contributed by atoms with Gasteiger partial charge in [0.2, 0.25) is 5.91 Å². The van der Waals surface area contributed by atoms with Gasteiger partial charge < -0.3 is 5.32 Å². The number of nitrogens with zero attached hydrogens (tertiary/aromatic N) is 3. The summed E-state index contributed by atoms with van der Waals surface area (Å²) in [5.41, 5.74) is 1.40. The van der Waals surface area contributed by atoms with Gasteiger partial charge in [-0.3, -0.25) is 28.6 Å². The summed E-state index contributed by atoms with van der Waals surface area (Å²) in [6, 6.07) is 8.19. The van der Waals surface area contributed by atoms with E-state index < -0.39 is 0 Å². The van der Waals surface area contributed by atoms with Gasteiger partial charge in [-0.25, -0.2) is 4.98 Å². The van der Waals surface area contributed by atoms with E-state index in [2.05, 4.69) is 10.3 Å². The summed E-state index contributed by atoms with van der Waals surface area (Å²) in [4.78, 5) is 53.7. The van der Waals surface area contributed by atoms with Crippen molar-refractivity contribution in [2.75, 3.05) is 13.1 Å². The zero-order valence-corrected chi connectivity index (χ0v) is 15.7. The largest absolute Gasteiger partial charge is 0.354 e. The monoisotopic (exact) mass is 382 g/mol. The molecule has 8 nitrogen and oxygen atoms in total. The SMILES string of the molecule is CCc1cc(=O)n(CCNC(=O)CCCN2C(=O)c3ccccc3C2=O)cn1. The number of aromatic nitrogens is 2. The minimum absolute atomic E-state index is 0.147. The van der Waals surface area contributed by atoms with Crippen LogP contribution in [-0.4, -0.2) is 45.3 Å². The van der Waals surface area contributed by atoms with Crippen LogP contribution in [0.2, 0.25) is 0 Å². The highest BCUT2D eigenvalue weighted by molar-refractivity contribution is 6.21. The van der Waals surface area contributed by atoms with E-state index in [4.69, 9.17) is 0 Å². The van der Waals surface area contributed by atoms with Gasteiger partial charge in [-0.1, -0.05) is 19.1 Å². The molecule has 146 valence electrons. The Morgan fingerprint density at radius 3 is 2.36 bits per heavy atom. The van der Waals surface area contributed by atoms with Crippen molar-refractivity contribution in [2.45, 2.75) is 32.7 Å². The van der Waals surface area contributed by atoms with Crippen LogP contribution in [0.25, 0.3) is 0 Å². The Balaban J connectivity index is 1.41. The second-order valence-corrected chi connectivity index (χ2v) is 6.53. The number of benzene rings is 1. The molecule has 1 aliphatic rings. The van der Waals surface area contributed by atoms with Crippen molar-refractivity contribution in [1.29, 1.82) is 0 Å². The first-order chi connectivity index (χ1) is 13.5. The van der Waals surface area contributed by atoms with E-state index in [0.29, 0.717) is 37.1 Å². The van der Waals surface area contributed by atoms with Crippen LogP contribution in [0.3, 0.4) is 0 Å². The number of aryl methyl sites for hydroxylation is 1. The second-order valence-electron chi connectivity index (χ2n) is 6.53. The summed E-state index contributed by atoms with van der Waals surface area (Å²) in [7, 11) is 0. The molecule has 0 saturated carbocycles. The van der Waals surface area contributed by atoms with Crippen LogP contribution in [0, 0.1) is 0 Å². The molecule has 28 heavy (non-hydrogen) atoms. The fourth-order valence-corrected chi connectivity index (χ4v) is 3.07. The van der Waals surface area contributed by atoms with Crippen LogP contribution in [-0.2, 0) is 17.8 Å². The fourth-order valence-electron chi connectivity index (χ4n) is 3.07. The molecule has 8 heteroatoms. The average molecular weight is 382 g/mol. The molecule has 0 fully saturated rings. The molecule has 3 rings (SSSR count). The van der Waals surface area contributed by atoms with Gasteiger partial charge in [0.1, 0.15) is 0 Å². The molecular weight excluding hydrogens is 360 g/mol. The zero-order chi connectivity index (χ0) is 20.1. The van der Waals surface area contributed by atoms with Crippen molar-refractivity contribution >= 4 is 17.7 Å². The third kappa shape index (κ3) is 4.16. The van der Waals surface area contributed by atoms with E-state index in [1.807, 2.05) is 6.92 Å². The molecule has 3 amide bonds. The van der Waals surface area contributed by atoms with Crippen molar-refractivity contribution in [3.8, 4) is 0 Å². The third-order valence-corrected chi connectivity index (χ3v) is 4.64. The lowest BCUT2D eigenvalue weighted by atomic mass is 10.1. The first-order valence-electron chi connectivity index (χ1n) is 9.28. The number of imide groups is 1. The summed E-state index contributed by atoms with van der Waals surface area (Å²) >= 11 is 0. The lowest BCUT2D eigenvalue weighted by Gasteiger charge is -2.13. The number of carbonyl (C=O) groups is 3. The van der Waals surface area contributed by atoms with E-state index in [0.717, 1.165) is 5.69 Å². The Kier molecular flexibility index (Phi) is 5.98. The van der Waals surface area contributed by atoms with Crippen LogP contribution in [0.5, 0.6) is 0 Å². The van der Waals surface area contributed by atoms with Gasteiger partial charge in [-0.2, -0.15) is 0 Å². The highest BCUT2D eigenvalue weighted by Crippen LogP contribution is 2.22. The summed E-state index contributed by atoms with van der Waals surface area (Å²) in [5, 5.41) is 2.74. The number of hydrogen-bond acceptors (Lipinski definition) is 5. The highest BCUT2D eigenvalue weighted by atomic mass is 16.2. The molecule has 0 saturated heterocycles. The number of amides is 3. The molecule has 0 radical (unpaired) electrons. The van der Waals surface area contributed by atoms with Crippen LogP contribution in [0.4, 0.5) is 0 Å². The van der Waals surface area contributed by atoms with Crippen molar-refractivity contribution in [3.05, 3.63) is 63.8 Å². The first-order valence-corrected chi connectivity index (χ1v) is 9.28. The molecule has 1 aliphatic heterocycles. The maximum atomic E-state index is 12.3. The smallest absolute Gasteiger partial charge is 0.261 e. The van der Waals surface area contributed by atoms with E-state index in [-0.39, 0.29) is 36.2 Å². The molecule has 1 aromatic heterocycles. The quantitative estimate of drug-likeness (QED) is 0.687. The Morgan fingerprint density at radius 1 is 1.07 bits per heavy atom. The zero-order valence-electron chi connectivity index (χ0n) is 15.7. The van der Waals surface area contributed by atoms with E-state index in [1.165, 1.54) is 21.9 Å². The van der Waals surface area contributed by atoms with Crippen LogP contribution >= 0.6 is 0 Å². The molecular formula is C20H22N4O4. The van der Waals surface area contributed by atoms with E-state index in [1.54, 1.807) is 24.3 Å². The predicted octanol–water partition coefficient (Wildman–Crippen LogP) is 0.998. The molecule has 0 spiro atoms. The number of hydrogen-bond donors (Lipinski definition) is 1. The maximum Gasteiger partial charge on any atom is 0.261 e. The van der Waals surface area contributed by atoms with Gasteiger partial charge in [-0.05, 0) is 25.0 Å². The van der Waals surface area contributed by atoms with Crippen LogP contribution in [0.15, 0.2) is 41.5 Å². The Hall–Kier alpha value is -3.29. The van der Waals surface area contributed by atoms with Gasteiger partial charge in [0.05, 0.1) is 17.5 Å². The lowest BCUT2D eigenvalue weighted by Crippen LogP contribution is -2.33. The second kappa shape index (κ2) is 8.60. The third-order valence-electron chi connectivity index (χ3n) is 4.64. The normalized spacial score (nSPS) is 13.0. The molecule has 0 aliphatic carbocycles. The summed E-state index contributed by atoms with van der Waals surface area (Å²) in [6.07, 6.45) is 2.74. The van der Waals surface area contributed by atoms with Crippen LogP contribution < -0.4 is 10.9 Å². The van der Waals surface area contributed by atoms with Gasteiger partial charge in [0.25, 0.3) is 17.4 Å². The molecule has 1 N–H and O–H groups in total. The van der Waals surface area contributed by atoms with Crippen molar-refractivity contribution in [1.82, 2.24) is 19.8 Å². The van der Waals surface area contributed by atoms with Gasteiger partial charge in [0, 0.05) is 37.8 Å². The minimum atomic E-state index is -0.316. The Morgan fingerprint density at radius 2 is 1.75 bits per heavy atom. The fraction of sp³-hybridized carbons (Fsp3) is 0.350. The van der Waals surface area contributed by atoms with E-state index in [9.17, 15) is 19.2 Å². The number of nitrogens with one attached hydrogen (secondary N) is 1. The Labute approximate surface area is 162 Å². The predicted molar refractivity (Wildman–Crippen MR) is 102 cm³/mol. The molecule has 0 unspecified atom stereocenters. The van der Waals surface area contributed by atoms with Gasteiger partial charge in [-0.15, -0.1) is 0 Å². The Bertz CT molecular complexity index is 932. The molecule has 2 heterocycles. The molecule has 2 aromatic rings. The summed E-state index contributed by atoms with van der Waals surface area (Å²) in [6.45, 7) is 2.76. The topological polar surface area (TPSA) is 101 Å². The van der Waals surface area contributed by atoms with E-state index >= 15 is 0 Å². The molecule has 0 atom stereocenters. The lowest BCUT2D eigenvalue weighted by molar-refractivity contribution is -0.121. The minimum Gasteiger partial charge on any atom is -0.354 e. The number of rotatable bonds is 8. The summed E-state index contributed by atoms with van der Waals surface area (Å²) in [5.74, 6) is -0.824. The first kappa shape index (κ1) is 19.5. The number of carbonyl (C=O) groups excluding carboxylic acids is 3. The van der Waals surface area contributed by atoms with Gasteiger partial charge in [0.15, 0.2) is 0 Å². The van der Waals surface area contributed by atoms with Crippen LogP contribution in [0.1, 0.15) is 46.2 Å². The standard InChI is InChI=1S/C20H22N4O4/c1-2-14-12-18(26)23(13-22-14)11-9-21-17(25)8-5-10-24-19(27)15-6-3-4-7-16(15)20(24)28/h3-4,6-7,12-13H,2,5,8-11H2,1H3,(H,21,25). The van der Waals surface area contributed by atoms with Crippen molar-refractivity contribution in [2.24, 2.45) is 0 Å².